The first kappa shape index (κ1) is 12.9. The van der Waals surface area contributed by atoms with Gasteiger partial charge in [-0.15, -0.1) is 0 Å². The molecule has 0 saturated heterocycles. The summed E-state index contributed by atoms with van der Waals surface area (Å²) in [5.74, 6) is 0.345. The molecule has 3 N–H and O–H groups in total. The Morgan fingerprint density at radius 1 is 1.44 bits per heavy atom. The predicted molar refractivity (Wildman–Crippen MR) is 64.8 cm³/mol. The number of aromatic nitrogens is 1. The van der Waals surface area contributed by atoms with Crippen LogP contribution >= 0.6 is 0 Å². The van der Waals surface area contributed by atoms with E-state index in [9.17, 15) is 8.42 Å². The average Bonchev–Trinajstić information content (AvgIpc) is 2.13. The van der Waals surface area contributed by atoms with Gasteiger partial charge in [-0.3, -0.25) is 4.72 Å². The van der Waals surface area contributed by atoms with Crippen LogP contribution in [0, 0.1) is 13.8 Å². The number of nitrogens with two attached hydrogens (primary N) is 1. The number of nitrogens with one attached hydrogen (secondary N) is 1. The Morgan fingerprint density at radius 2 is 2.06 bits per heavy atom. The van der Waals surface area contributed by atoms with Gasteiger partial charge in [0.25, 0.3) is 0 Å². The summed E-state index contributed by atoms with van der Waals surface area (Å²) in [4.78, 5) is 4.10. The minimum Gasteiger partial charge on any atom is -0.329 e. The smallest absolute Gasteiger partial charge is 0.237 e. The second kappa shape index (κ2) is 4.80. The highest BCUT2D eigenvalue weighted by Crippen LogP contribution is 2.12. The maximum atomic E-state index is 11.7. The van der Waals surface area contributed by atoms with Crippen LogP contribution in [0.4, 0.5) is 5.82 Å². The zero-order valence-corrected chi connectivity index (χ0v) is 10.5. The summed E-state index contributed by atoms with van der Waals surface area (Å²) in [5.41, 5.74) is 7.07. The fourth-order valence-corrected chi connectivity index (χ4v) is 2.12. The van der Waals surface area contributed by atoms with E-state index >= 15 is 0 Å². The lowest BCUT2D eigenvalue weighted by Gasteiger charge is -2.12. The van der Waals surface area contributed by atoms with Crippen molar-refractivity contribution in [2.45, 2.75) is 26.0 Å². The molecule has 1 aromatic heterocycles. The molecule has 1 unspecified atom stereocenters. The minimum atomic E-state index is -3.43. The van der Waals surface area contributed by atoms with Crippen molar-refractivity contribution in [2.75, 3.05) is 11.3 Å². The standard InChI is InChI=1S/C10H17N3O2S/c1-7-4-8(2)12-10(5-7)13-16(14,15)9(3)6-11/h4-5,9H,6,11H2,1-3H3,(H,12,13). The van der Waals surface area contributed by atoms with Crippen LogP contribution in [0.25, 0.3) is 0 Å². The molecular formula is C10H17N3O2S. The minimum absolute atomic E-state index is 0.0835. The van der Waals surface area contributed by atoms with E-state index in [0.717, 1.165) is 11.3 Å². The Bertz CT molecular complexity index is 451. The van der Waals surface area contributed by atoms with Gasteiger partial charge < -0.3 is 5.73 Å². The van der Waals surface area contributed by atoms with Crippen LogP contribution < -0.4 is 10.5 Å². The third kappa shape index (κ3) is 3.18. The summed E-state index contributed by atoms with van der Waals surface area (Å²) < 4.78 is 25.9. The van der Waals surface area contributed by atoms with Crippen LogP contribution in [0.1, 0.15) is 18.2 Å². The Labute approximate surface area is 96.1 Å². The van der Waals surface area contributed by atoms with Crippen LogP contribution in [0.15, 0.2) is 12.1 Å². The summed E-state index contributed by atoms with van der Waals surface area (Å²) in [6.45, 7) is 5.35. The summed E-state index contributed by atoms with van der Waals surface area (Å²) >= 11 is 0. The molecule has 0 fully saturated rings. The van der Waals surface area contributed by atoms with Crippen molar-refractivity contribution in [3.63, 3.8) is 0 Å². The SMILES string of the molecule is Cc1cc(C)nc(NS(=O)(=O)C(C)CN)c1. The molecule has 0 spiro atoms. The van der Waals surface area contributed by atoms with Crippen LogP contribution in [-0.2, 0) is 10.0 Å². The molecule has 0 aliphatic rings. The first-order chi connectivity index (χ1) is 7.35. The van der Waals surface area contributed by atoms with Crippen LogP contribution in [0.2, 0.25) is 0 Å². The van der Waals surface area contributed by atoms with E-state index in [2.05, 4.69) is 9.71 Å². The van der Waals surface area contributed by atoms with Gasteiger partial charge in [-0.2, -0.15) is 0 Å². The second-order valence-corrected chi connectivity index (χ2v) is 5.96. The fourth-order valence-electron chi connectivity index (χ4n) is 1.27. The summed E-state index contributed by atoms with van der Waals surface area (Å²) in [7, 11) is -3.43. The van der Waals surface area contributed by atoms with Gasteiger partial charge in [0, 0.05) is 12.2 Å². The maximum Gasteiger partial charge on any atom is 0.237 e. The summed E-state index contributed by atoms with van der Waals surface area (Å²) in [5, 5.41) is -0.630. The normalized spacial score (nSPS) is 13.5. The number of hydrogen-bond acceptors (Lipinski definition) is 4. The molecule has 0 amide bonds. The Morgan fingerprint density at radius 3 is 2.56 bits per heavy atom. The Hall–Kier alpha value is -1.14. The van der Waals surface area contributed by atoms with Crippen LogP contribution in [0.5, 0.6) is 0 Å². The second-order valence-electron chi connectivity index (χ2n) is 3.86. The molecule has 1 aromatic rings. The van der Waals surface area contributed by atoms with E-state index in [-0.39, 0.29) is 6.54 Å². The Balaban J connectivity index is 2.97. The highest BCUT2D eigenvalue weighted by atomic mass is 32.2. The van der Waals surface area contributed by atoms with Crippen molar-refractivity contribution in [3.05, 3.63) is 23.4 Å². The van der Waals surface area contributed by atoms with Crippen molar-refractivity contribution in [1.29, 1.82) is 0 Å². The first-order valence-corrected chi connectivity index (χ1v) is 6.57. The van der Waals surface area contributed by atoms with Crippen molar-refractivity contribution in [2.24, 2.45) is 5.73 Å². The van der Waals surface area contributed by atoms with Gasteiger partial charge >= 0.3 is 0 Å². The lowest BCUT2D eigenvalue weighted by molar-refractivity contribution is 0.589. The molecule has 1 heterocycles. The van der Waals surface area contributed by atoms with Crippen molar-refractivity contribution < 1.29 is 8.42 Å². The van der Waals surface area contributed by atoms with Gasteiger partial charge in [0.15, 0.2) is 0 Å². The number of pyridine rings is 1. The highest BCUT2D eigenvalue weighted by molar-refractivity contribution is 7.93. The van der Waals surface area contributed by atoms with Gasteiger partial charge in [0.2, 0.25) is 10.0 Å². The van der Waals surface area contributed by atoms with E-state index in [1.54, 1.807) is 13.0 Å². The molecule has 1 atom stereocenters. The van der Waals surface area contributed by atoms with Gasteiger partial charge in [-0.25, -0.2) is 13.4 Å². The molecule has 16 heavy (non-hydrogen) atoms. The van der Waals surface area contributed by atoms with E-state index in [4.69, 9.17) is 5.73 Å². The van der Waals surface area contributed by atoms with Crippen LogP contribution in [0.3, 0.4) is 0 Å². The highest BCUT2D eigenvalue weighted by Gasteiger charge is 2.19. The fraction of sp³-hybridized carbons (Fsp3) is 0.500. The quantitative estimate of drug-likeness (QED) is 0.818. The third-order valence-corrected chi connectivity index (χ3v) is 3.95. The number of aryl methyl sites for hydroxylation is 2. The Kier molecular flexibility index (Phi) is 3.88. The van der Waals surface area contributed by atoms with Crippen molar-refractivity contribution in [1.82, 2.24) is 4.98 Å². The largest absolute Gasteiger partial charge is 0.329 e. The molecule has 0 aliphatic carbocycles. The van der Waals surface area contributed by atoms with Gasteiger partial charge in [-0.05, 0) is 38.5 Å². The van der Waals surface area contributed by atoms with Gasteiger partial charge in [-0.1, -0.05) is 0 Å². The number of nitrogens with zero attached hydrogens (tertiary/aromatic N) is 1. The molecule has 0 bridgehead atoms. The van der Waals surface area contributed by atoms with E-state index in [1.807, 2.05) is 19.9 Å². The zero-order valence-electron chi connectivity index (χ0n) is 9.69. The molecular weight excluding hydrogens is 226 g/mol. The molecule has 0 aromatic carbocycles. The molecule has 90 valence electrons. The molecule has 6 heteroatoms. The van der Waals surface area contributed by atoms with Gasteiger partial charge in [0.1, 0.15) is 5.82 Å². The van der Waals surface area contributed by atoms with Crippen molar-refractivity contribution in [3.8, 4) is 0 Å². The average molecular weight is 243 g/mol. The number of hydrogen-bond donors (Lipinski definition) is 2. The lowest BCUT2D eigenvalue weighted by atomic mass is 10.2. The maximum absolute atomic E-state index is 11.7. The third-order valence-electron chi connectivity index (χ3n) is 2.21. The molecule has 1 rings (SSSR count). The summed E-state index contributed by atoms with van der Waals surface area (Å²) in [6, 6.07) is 3.57. The number of anilines is 1. The molecule has 5 nitrogen and oxygen atoms in total. The number of rotatable bonds is 4. The molecule has 0 saturated carbocycles. The molecule has 0 radical (unpaired) electrons. The lowest BCUT2D eigenvalue weighted by Crippen LogP contribution is -2.32. The number of sulfonamides is 1. The zero-order chi connectivity index (χ0) is 12.3. The van der Waals surface area contributed by atoms with Crippen molar-refractivity contribution >= 4 is 15.8 Å². The van der Waals surface area contributed by atoms with E-state index in [1.165, 1.54) is 0 Å². The predicted octanol–water partition coefficient (Wildman–Crippen LogP) is 0.787. The monoisotopic (exact) mass is 243 g/mol. The van der Waals surface area contributed by atoms with Crippen LogP contribution in [-0.4, -0.2) is 25.2 Å². The summed E-state index contributed by atoms with van der Waals surface area (Å²) in [6.07, 6.45) is 0. The molecule has 0 aliphatic heterocycles. The van der Waals surface area contributed by atoms with Gasteiger partial charge in [0.05, 0.1) is 5.25 Å². The first-order valence-electron chi connectivity index (χ1n) is 5.02. The van der Waals surface area contributed by atoms with E-state index in [0.29, 0.717) is 5.82 Å². The van der Waals surface area contributed by atoms with E-state index < -0.39 is 15.3 Å². The topological polar surface area (TPSA) is 85.1 Å².